The van der Waals surface area contributed by atoms with Crippen molar-refractivity contribution >= 4 is 11.9 Å². The topological polar surface area (TPSA) is 52.6 Å². The van der Waals surface area contributed by atoms with Crippen LogP contribution in [0.5, 0.6) is 0 Å². The summed E-state index contributed by atoms with van der Waals surface area (Å²) in [5.74, 6) is 0.159. The number of hydrogen-bond acceptors (Lipinski definition) is 4. The normalized spacial score (nSPS) is 59.8. The first-order chi connectivity index (χ1) is 17.0. The molecule has 12 bridgehead atoms. The zero-order valence-corrected chi connectivity index (χ0v) is 21.3. The fraction of sp³-hybridized carbons (Fsp3) is 0.933. The lowest BCUT2D eigenvalue weighted by atomic mass is 9.16. The minimum atomic E-state index is -3.47. The highest BCUT2D eigenvalue weighted by Gasteiger charge is 2.85. The maximum absolute atomic E-state index is 14.2. The van der Waals surface area contributed by atoms with Crippen LogP contribution in [0, 0.1) is 63.1 Å². The summed E-state index contributed by atoms with van der Waals surface area (Å²) < 4.78 is 38.9. The molecule has 6 unspecified atom stereocenters. The Bertz CT molecular complexity index is 1030. The second-order valence-electron chi connectivity index (χ2n) is 16.0. The monoisotopic (exact) mass is 500 g/mol. The zero-order chi connectivity index (χ0) is 24.5. The molecule has 196 valence electrons. The van der Waals surface area contributed by atoms with E-state index in [4.69, 9.17) is 9.47 Å². The Morgan fingerprint density at radius 1 is 0.833 bits per heavy atom. The summed E-state index contributed by atoms with van der Waals surface area (Å²) in [6, 6.07) is 0. The van der Waals surface area contributed by atoms with Gasteiger partial charge in [-0.15, -0.1) is 0 Å². The van der Waals surface area contributed by atoms with Crippen molar-refractivity contribution in [3.05, 3.63) is 0 Å². The number of rotatable bonds is 5. The Morgan fingerprint density at radius 2 is 1.47 bits per heavy atom. The molecular weight excluding hydrogens is 462 g/mol. The molecule has 0 radical (unpaired) electrons. The Balaban J connectivity index is 0.979. The molecule has 13 rings (SSSR count). The van der Waals surface area contributed by atoms with E-state index in [2.05, 4.69) is 0 Å². The van der Waals surface area contributed by atoms with Gasteiger partial charge in [-0.3, -0.25) is 4.79 Å². The van der Waals surface area contributed by atoms with Crippen molar-refractivity contribution < 1.29 is 27.8 Å². The van der Waals surface area contributed by atoms with Crippen molar-refractivity contribution in [2.75, 3.05) is 6.61 Å². The van der Waals surface area contributed by atoms with E-state index in [0.29, 0.717) is 36.0 Å². The molecule has 0 aromatic rings. The van der Waals surface area contributed by atoms with Crippen molar-refractivity contribution in [2.24, 2.45) is 63.1 Å². The SMILES string of the molecule is CC(F)(F)C(=O)OCC12CC3CC(C1)CC(OC(=O)C14CC5C6CC7CC58CC(C7)(C6C1)C8C4)(C3)C2. The molecular formula is C30H38F2O4. The van der Waals surface area contributed by atoms with Crippen molar-refractivity contribution in [3.8, 4) is 0 Å². The highest BCUT2D eigenvalue weighted by Crippen LogP contribution is 2.91. The molecule has 0 amide bonds. The van der Waals surface area contributed by atoms with Crippen LogP contribution in [0.15, 0.2) is 0 Å². The molecule has 0 N–H and O–H groups in total. The van der Waals surface area contributed by atoms with Crippen molar-refractivity contribution in [1.29, 1.82) is 0 Å². The maximum Gasteiger partial charge on any atom is 0.376 e. The second-order valence-corrected chi connectivity index (χ2v) is 16.0. The lowest BCUT2D eigenvalue weighted by molar-refractivity contribution is -0.400. The molecule has 13 fully saturated rings. The molecule has 2 spiro atoms. The summed E-state index contributed by atoms with van der Waals surface area (Å²) in [7, 11) is 0. The molecule has 0 heterocycles. The van der Waals surface area contributed by atoms with Crippen LogP contribution < -0.4 is 0 Å². The van der Waals surface area contributed by atoms with Crippen molar-refractivity contribution in [2.45, 2.75) is 102 Å². The highest BCUT2D eigenvalue weighted by atomic mass is 19.3. The second kappa shape index (κ2) is 6.01. The zero-order valence-electron chi connectivity index (χ0n) is 21.3. The quantitative estimate of drug-likeness (QED) is 0.440. The van der Waals surface area contributed by atoms with Gasteiger partial charge in [0.05, 0.1) is 12.0 Å². The first kappa shape index (κ1) is 21.7. The van der Waals surface area contributed by atoms with Crippen LogP contribution >= 0.6 is 0 Å². The largest absolute Gasteiger partial charge is 0.461 e. The number of esters is 2. The third-order valence-electron chi connectivity index (χ3n) is 14.1. The molecule has 0 aliphatic heterocycles. The number of carbonyl (C=O) groups is 2. The standard InChI is InChI=1S/C30H38F2O4/c1-25(31,32)23(33)35-15-26-4-16-2-17(5-26)7-28(6-16,13-26)36-24(34)27-10-20-19-3-18-8-29(20)14-30(9-18,21(19)11-27)22(29)12-27/h16-22H,2-15H2,1H3. The summed E-state index contributed by atoms with van der Waals surface area (Å²) in [5, 5.41) is 0. The molecule has 6 heteroatoms. The molecule has 4 nitrogen and oxygen atoms in total. The summed E-state index contributed by atoms with van der Waals surface area (Å²) in [6.07, 6.45) is 14.3. The van der Waals surface area contributed by atoms with Gasteiger partial charge in [0.15, 0.2) is 0 Å². The molecule has 13 aliphatic rings. The van der Waals surface area contributed by atoms with Gasteiger partial charge < -0.3 is 9.47 Å². The van der Waals surface area contributed by atoms with E-state index in [-0.39, 0.29) is 23.4 Å². The van der Waals surface area contributed by atoms with E-state index in [0.717, 1.165) is 81.0 Å². The fourth-order valence-electron chi connectivity index (χ4n) is 14.1. The van der Waals surface area contributed by atoms with Gasteiger partial charge in [0.25, 0.3) is 0 Å². The van der Waals surface area contributed by atoms with E-state index in [1.54, 1.807) is 0 Å². The lowest BCUT2D eigenvalue weighted by Gasteiger charge is -2.88. The molecule has 13 saturated carbocycles. The van der Waals surface area contributed by atoms with Crippen molar-refractivity contribution in [1.82, 2.24) is 0 Å². The van der Waals surface area contributed by atoms with Crippen LogP contribution in [-0.4, -0.2) is 30.1 Å². The molecule has 6 atom stereocenters. The Hall–Kier alpha value is -1.20. The van der Waals surface area contributed by atoms with Gasteiger partial charge in [-0.25, -0.2) is 4.79 Å². The number of halogens is 2. The molecule has 36 heavy (non-hydrogen) atoms. The first-order valence-electron chi connectivity index (χ1n) is 14.8. The van der Waals surface area contributed by atoms with Crippen LogP contribution in [0.4, 0.5) is 8.78 Å². The van der Waals surface area contributed by atoms with Gasteiger partial charge in [0, 0.05) is 12.3 Å². The van der Waals surface area contributed by atoms with Gasteiger partial charge in [0.1, 0.15) is 5.60 Å². The smallest absolute Gasteiger partial charge is 0.376 e. The van der Waals surface area contributed by atoms with E-state index >= 15 is 0 Å². The lowest BCUT2D eigenvalue weighted by Crippen LogP contribution is -2.82. The number of hydrogen-bond donors (Lipinski definition) is 0. The predicted molar refractivity (Wildman–Crippen MR) is 125 cm³/mol. The molecule has 13 aliphatic carbocycles. The van der Waals surface area contributed by atoms with Crippen LogP contribution in [0.2, 0.25) is 0 Å². The summed E-state index contributed by atoms with van der Waals surface area (Å²) in [6.45, 7) is 0.636. The third kappa shape index (κ3) is 2.35. The van der Waals surface area contributed by atoms with Gasteiger partial charge in [-0.1, -0.05) is 0 Å². The molecule has 0 aromatic carbocycles. The third-order valence-corrected chi connectivity index (χ3v) is 14.1. The number of alkyl halides is 2. The number of carbonyl (C=O) groups excluding carboxylic acids is 2. The highest BCUT2D eigenvalue weighted by molar-refractivity contribution is 5.79. The predicted octanol–water partition coefficient (Wildman–Crippen LogP) is 5.92. The Kier molecular flexibility index (Phi) is 3.62. The fourth-order valence-corrected chi connectivity index (χ4v) is 14.1. The van der Waals surface area contributed by atoms with E-state index in [1.807, 2.05) is 0 Å². The van der Waals surface area contributed by atoms with Crippen molar-refractivity contribution in [3.63, 3.8) is 0 Å². The van der Waals surface area contributed by atoms with Gasteiger partial charge >= 0.3 is 17.9 Å². The Morgan fingerprint density at radius 3 is 2.11 bits per heavy atom. The van der Waals surface area contributed by atoms with E-state index < -0.39 is 17.5 Å². The molecule has 0 aromatic heterocycles. The molecule has 0 saturated heterocycles. The average Bonchev–Trinajstić information content (AvgIpc) is 2.78. The minimum absolute atomic E-state index is 0.0345. The summed E-state index contributed by atoms with van der Waals surface area (Å²) in [5.41, 5.74) is 0.0686. The number of ether oxygens (including phenoxy) is 2. The average molecular weight is 501 g/mol. The van der Waals surface area contributed by atoms with Crippen LogP contribution in [0.1, 0.15) is 90.4 Å². The van der Waals surface area contributed by atoms with Crippen LogP contribution in [-0.2, 0) is 19.1 Å². The van der Waals surface area contributed by atoms with Gasteiger partial charge in [-0.2, -0.15) is 8.78 Å². The van der Waals surface area contributed by atoms with Gasteiger partial charge in [-0.05, 0) is 136 Å². The van der Waals surface area contributed by atoms with Crippen LogP contribution in [0.25, 0.3) is 0 Å². The maximum atomic E-state index is 14.2. The summed E-state index contributed by atoms with van der Waals surface area (Å²) in [4.78, 5) is 26.1. The summed E-state index contributed by atoms with van der Waals surface area (Å²) >= 11 is 0. The van der Waals surface area contributed by atoms with E-state index in [1.165, 1.54) is 25.7 Å². The van der Waals surface area contributed by atoms with Crippen LogP contribution in [0.3, 0.4) is 0 Å². The van der Waals surface area contributed by atoms with Gasteiger partial charge in [0.2, 0.25) is 0 Å². The Labute approximate surface area is 211 Å². The van der Waals surface area contributed by atoms with E-state index in [9.17, 15) is 18.4 Å². The minimum Gasteiger partial charge on any atom is -0.461 e. The first-order valence-corrected chi connectivity index (χ1v) is 14.8.